The third kappa shape index (κ3) is 2.90. The van der Waals surface area contributed by atoms with Gasteiger partial charge in [-0.1, -0.05) is 11.6 Å². The maximum Gasteiger partial charge on any atom is 0.359 e. The van der Waals surface area contributed by atoms with Gasteiger partial charge in [0.25, 0.3) is 0 Å². The third-order valence-corrected chi connectivity index (χ3v) is 3.12. The number of aromatic nitrogens is 2. The summed E-state index contributed by atoms with van der Waals surface area (Å²) >= 11 is 5.82. The van der Waals surface area contributed by atoms with Crippen LogP contribution in [0.4, 0.5) is 0 Å². The Balaban J connectivity index is 2.58. The minimum Gasteiger partial charge on any atom is -0.478 e. The van der Waals surface area contributed by atoms with E-state index in [-0.39, 0.29) is 17.9 Å². The molecule has 21 heavy (non-hydrogen) atoms. The number of benzene rings is 1. The van der Waals surface area contributed by atoms with Crippen molar-refractivity contribution in [2.24, 2.45) is 0 Å². The zero-order valence-corrected chi connectivity index (χ0v) is 12.2. The Labute approximate surface area is 125 Å². The van der Waals surface area contributed by atoms with Crippen LogP contribution < -0.4 is 0 Å². The molecule has 1 N–H and O–H groups in total. The Hall–Kier alpha value is -2.34. The molecule has 2 aromatic rings. The molecule has 7 heteroatoms. The van der Waals surface area contributed by atoms with Gasteiger partial charge in [-0.2, -0.15) is 5.10 Å². The zero-order valence-electron chi connectivity index (χ0n) is 11.5. The van der Waals surface area contributed by atoms with Crippen LogP contribution in [0.25, 0.3) is 5.69 Å². The number of ether oxygens (including phenoxy) is 1. The standard InChI is InChI=1S/C14H13ClN2O4/c1-3-21-14(20)12-11(13(18)19)8(2)17(16-12)10-6-4-9(15)5-7-10/h4-7H,3H2,1-2H3,(H,18,19). The second-order valence-corrected chi connectivity index (χ2v) is 4.66. The number of aromatic carboxylic acids is 1. The fourth-order valence-corrected chi connectivity index (χ4v) is 2.06. The SMILES string of the molecule is CCOC(=O)c1nn(-c2ccc(Cl)cc2)c(C)c1C(=O)O. The molecule has 0 aliphatic carbocycles. The molecule has 6 nitrogen and oxygen atoms in total. The molecule has 0 unspecified atom stereocenters. The van der Waals surface area contributed by atoms with Gasteiger partial charge in [0.2, 0.25) is 0 Å². The average molecular weight is 309 g/mol. The third-order valence-electron chi connectivity index (χ3n) is 2.87. The van der Waals surface area contributed by atoms with Crippen molar-refractivity contribution in [2.45, 2.75) is 13.8 Å². The van der Waals surface area contributed by atoms with E-state index in [1.807, 2.05) is 0 Å². The lowest BCUT2D eigenvalue weighted by Gasteiger charge is -2.04. The van der Waals surface area contributed by atoms with Gasteiger partial charge in [0.1, 0.15) is 5.56 Å². The molecular weight excluding hydrogens is 296 g/mol. The van der Waals surface area contributed by atoms with Gasteiger partial charge in [0.05, 0.1) is 18.0 Å². The highest BCUT2D eigenvalue weighted by atomic mass is 35.5. The molecule has 0 radical (unpaired) electrons. The Bertz CT molecular complexity index is 692. The van der Waals surface area contributed by atoms with Crippen LogP contribution in [-0.4, -0.2) is 33.4 Å². The van der Waals surface area contributed by atoms with Crippen LogP contribution in [0.5, 0.6) is 0 Å². The molecule has 0 atom stereocenters. The summed E-state index contributed by atoms with van der Waals surface area (Å²) < 4.78 is 6.22. The lowest BCUT2D eigenvalue weighted by atomic mass is 10.2. The van der Waals surface area contributed by atoms with Gasteiger partial charge < -0.3 is 9.84 Å². The van der Waals surface area contributed by atoms with E-state index in [1.54, 1.807) is 38.1 Å². The largest absolute Gasteiger partial charge is 0.478 e. The van der Waals surface area contributed by atoms with Crippen molar-refractivity contribution in [3.05, 3.63) is 46.2 Å². The summed E-state index contributed by atoms with van der Waals surface area (Å²) in [5, 5.41) is 13.9. The van der Waals surface area contributed by atoms with E-state index in [0.717, 1.165) is 0 Å². The first kappa shape index (κ1) is 15.1. The monoisotopic (exact) mass is 308 g/mol. The van der Waals surface area contributed by atoms with E-state index in [4.69, 9.17) is 16.3 Å². The number of hydrogen-bond donors (Lipinski definition) is 1. The molecule has 0 aliphatic heterocycles. The van der Waals surface area contributed by atoms with E-state index in [9.17, 15) is 14.7 Å². The number of esters is 1. The molecule has 1 heterocycles. The maximum absolute atomic E-state index is 11.8. The number of nitrogens with zero attached hydrogens (tertiary/aromatic N) is 2. The summed E-state index contributed by atoms with van der Waals surface area (Å²) in [6.07, 6.45) is 0. The first-order chi connectivity index (χ1) is 9.95. The second kappa shape index (κ2) is 5.97. The molecule has 0 spiro atoms. The average Bonchev–Trinajstić information content (AvgIpc) is 2.78. The van der Waals surface area contributed by atoms with Crippen LogP contribution in [0.2, 0.25) is 5.02 Å². The van der Waals surface area contributed by atoms with Crippen molar-refractivity contribution in [3.63, 3.8) is 0 Å². The first-order valence-electron chi connectivity index (χ1n) is 6.21. The number of halogens is 1. The molecular formula is C14H13ClN2O4. The normalized spacial score (nSPS) is 10.4. The van der Waals surface area contributed by atoms with E-state index >= 15 is 0 Å². The molecule has 0 fully saturated rings. The first-order valence-corrected chi connectivity index (χ1v) is 6.59. The van der Waals surface area contributed by atoms with Gasteiger partial charge in [-0.05, 0) is 38.1 Å². The number of rotatable bonds is 4. The maximum atomic E-state index is 11.8. The van der Waals surface area contributed by atoms with Crippen LogP contribution in [0, 0.1) is 6.92 Å². The van der Waals surface area contributed by atoms with Gasteiger partial charge in [-0.15, -0.1) is 0 Å². The van der Waals surface area contributed by atoms with E-state index < -0.39 is 11.9 Å². The Morgan fingerprint density at radius 2 is 1.95 bits per heavy atom. The summed E-state index contributed by atoms with van der Waals surface area (Å²) in [6.45, 7) is 3.36. The van der Waals surface area contributed by atoms with E-state index in [0.29, 0.717) is 16.4 Å². The molecule has 0 saturated heterocycles. The van der Waals surface area contributed by atoms with E-state index in [1.165, 1.54) is 4.68 Å². The topological polar surface area (TPSA) is 81.4 Å². The predicted octanol–water partition coefficient (Wildman–Crippen LogP) is 2.71. The summed E-state index contributed by atoms with van der Waals surface area (Å²) in [5.41, 5.74) is 0.572. The molecule has 0 aliphatic rings. The molecule has 110 valence electrons. The highest BCUT2D eigenvalue weighted by molar-refractivity contribution is 6.30. The van der Waals surface area contributed by atoms with Gasteiger partial charge in [-0.3, -0.25) is 0 Å². The van der Waals surface area contributed by atoms with Crippen molar-refractivity contribution >= 4 is 23.5 Å². The summed E-state index contributed by atoms with van der Waals surface area (Å²) in [4.78, 5) is 23.2. The van der Waals surface area contributed by atoms with Crippen LogP contribution >= 0.6 is 11.6 Å². The highest BCUT2D eigenvalue weighted by Gasteiger charge is 2.27. The fourth-order valence-electron chi connectivity index (χ4n) is 1.93. The molecule has 1 aromatic carbocycles. The molecule has 2 rings (SSSR count). The minimum atomic E-state index is -1.23. The Kier molecular flexibility index (Phi) is 4.28. The molecule has 0 saturated carbocycles. The van der Waals surface area contributed by atoms with Crippen LogP contribution in [0.1, 0.15) is 33.5 Å². The minimum absolute atomic E-state index is 0.144. The van der Waals surface area contributed by atoms with Gasteiger partial charge in [0.15, 0.2) is 5.69 Å². The molecule has 0 bridgehead atoms. The second-order valence-electron chi connectivity index (χ2n) is 4.22. The lowest BCUT2D eigenvalue weighted by molar-refractivity contribution is 0.0507. The number of carboxylic acid groups (broad SMARTS) is 1. The lowest BCUT2D eigenvalue weighted by Crippen LogP contribution is -2.11. The number of carboxylic acids is 1. The van der Waals surface area contributed by atoms with Crippen LogP contribution in [0.15, 0.2) is 24.3 Å². The smallest absolute Gasteiger partial charge is 0.359 e. The molecule has 1 aromatic heterocycles. The summed E-state index contributed by atoms with van der Waals surface area (Å²) in [6, 6.07) is 6.68. The van der Waals surface area contributed by atoms with Gasteiger partial charge >= 0.3 is 11.9 Å². The summed E-state index contributed by atoms with van der Waals surface area (Å²) in [5.74, 6) is -1.98. The zero-order chi connectivity index (χ0) is 15.6. The van der Waals surface area contributed by atoms with Crippen molar-refractivity contribution in [3.8, 4) is 5.69 Å². The van der Waals surface area contributed by atoms with Gasteiger partial charge in [0, 0.05) is 5.02 Å². The summed E-state index contributed by atoms with van der Waals surface area (Å²) in [7, 11) is 0. The van der Waals surface area contributed by atoms with Crippen LogP contribution in [-0.2, 0) is 4.74 Å². The van der Waals surface area contributed by atoms with Crippen LogP contribution in [0.3, 0.4) is 0 Å². The van der Waals surface area contributed by atoms with E-state index in [2.05, 4.69) is 5.10 Å². The number of hydrogen-bond acceptors (Lipinski definition) is 4. The number of carbonyl (C=O) groups is 2. The predicted molar refractivity (Wildman–Crippen MR) is 76.2 cm³/mol. The van der Waals surface area contributed by atoms with Gasteiger partial charge in [-0.25, -0.2) is 14.3 Å². The van der Waals surface area contributed by atoms with Crippen molar-refractivity contribution in [2.75, 3.05) is 6.61 Å². The quantitative estimate of drug-likeness (QED) is 0.878. The Morgan fingerprint density at radius 3 is 2.48 bits per heavy atom. The van der Waals surface area contributed by atoms with Crippen molar-refractivity contribution in [1.29, 1.82) is 0 Å². The Morgan fingerprint density at radius 1 is 1.33 bits per heavy atom. The van der Waals surface area contributed by atoms with Crippen molar-refractivity contribution < 1.29 is 19.4 Å². The fraction of sp³-hybridized carbons (Fsp3) is 0.214. The highest BCUT2D eigenvalue weighted by Crippen LogP contribution is 2.20. The molecule has 0 amide bonds. The number of carbonyl (C=O) groups excluding carboxylic acids is 1. The van der Waals surface area contributed by atoms with Crippen molar-refractivity contribution in [1.82, 2.24) is 9.78 Å².